The third kappa shape index (κ3) is 5.36. The fraction of sp³-hybridized carbons (Fsp3) is 0.538. The number of hydrogen-bond acceptors (Lipinski definition) is 6. The van der Waals surface area contributed by atoms with E-state index in [0.29, 0.717) is 24.3 Å². The van der Waals surface area contributed by atoms with Gasteiger partial charge in [-0.15, -0.1) is 0 Å². The number of hydrazine groups is 1. The molecule has 0 aliphatic heterocycles. The van der Waals surface area contributed by atoms with Crippen LogP contribution in [-0.4, -0.2) is 34.6 Å². The maximum absolute atomic E-state index is 11.1. The number of sulfone groups is 1. The summed E-state index contributed by atoms with van der Waals surface area (Å²) in [6, 6.07) is 5.33. The third-order valence-corrected chi connectivity index (χ3v) is 4.02. The Kier molecular flexibility index (Phi) is 6.25. The van der Waals surface area contributed by atoms with Crippen molar-refractivity contribution in [1.29, 1.82) is 0 Å². The smallest absolute Gasteiger partial charge is 0.147 e. The van der Waals surface area contributed by atoms with E-state index in [2.05, 4.69) is 5.43 Å². The largest absolute Gasteiger partial charge is 0.497 e. The average molecular weight is 302 g/mol. The number of rotatable bonds is 8. The predicted molar refractivity (Wildman–Crippen MR) is 78.6 cm³/mol. The summed E-state index contributed by atoms with van der Waals surface area (Å²) in [6.45, 7) is 0. The van der Waals surface area contributed by atoms with Gasteiger partial charge in [-0.2, -0.15) is 0 Å². The summed E-state index contributed by atoms with van der Waals surface area (Å²) in [4.78, 5) is 0. The van der Waals surface area contributed by atoms with Crippen LogP contribution >= 0.6 is 0 Å². The number of hydrogen-bond donors (Lipinski definition) is 2. The van der Waals surface area contributed by atoms with E-state index in [1.807, 2.05) is 12.1 Å². The normalized spacial score (nSPS) is 13.0. The van der Waals surface area contributed by atoms with E-state index < -0.39 is 9.84 Å². The molecule has 0 radical (unpaired) electrons. The van der Waals surface area contributed by atoms with E-state index in [0.717, 1.165) is 5.56 Å². The van der Waals surface area contributed by atoms with E-state index in [1.165, 1.54) is 6.26 Å². The van der Waals surface area contributed by atoms with E-state index in [4.69, 9.17) is 15.3 Å². The Morgan fingerprint density at radius 1 is 1.20 bits per heavy atom. The van der Waals surface area contributed by atoms with Gasteiger partial charge >= 0.3 is 0 Å². The third-order valence-electron chi connectivity index (χ3n) is 2.99. The second kappa shape index (κ2) is 7.47. The van der Waals surface area contributed by atoms with Gasteiger partial charge in [0.1, 0.15) is 21.3 Å². The van der Waals surface area contributed by atoms with Crippen molar-refractivity contribution >= 4 is 9.84 Å². The standard InChI is InChI=1S/C13H22N2O4S/c1-18-11-7-10(8-12(9-11)19-2)13(15-14)5-4-6-20(3,16)17/h7-9,13,15H,4-6,14H2,1-3H3. The predicted octanol–water partition coefficient (Wildman–Crippen LogP) is 1.03. The zero-order valence-corrected chi connectivity index (χ0v) is 12.9. The van der Waals surface area contributed by atoms with E-state index in [-0.39, 0.29) is 11.8 Å². The molecule has 0 bridgehead atoms. The van der Waals surface area contributed by atoms with Crippen molar-refractivity contribution in [2.24, 2.45) is 5.84 Å². The molecule has 1 atom stereocenters. The Morgan fingerprint density at radius 3 is 2.15 bits per heavy atom. The number of ether oxygens (including phenoxy) is 2. The zero-order valence-electron chi connectivity index (χ0n) is 12.0. The molecule has 1 unspecified atom stereocenters. The summed E-state index contributed by atoms with van der Waals surface area (Å²) in [5, 5.41) is 0. The lowest BCUT2D eigenvalue weighted by Gasteiger charge is -2.18. The molecule has 114 valence electrons. The van der Waals surface area contributed by atoms with Gasteiger partial charge in [-0.25, -0.2) is 8.42 Å². The van der Waals surface area contributed by atoms with E-state index >= 15 is 0 Å². The molecular weight excluding hydrogens is 280 g/mol. The van der Waals surface area contributed by atoms with Gasteiger partial charge in [0, 0.05) is 24.1 Å². The van der Waals surface area contributed by atoms with Crippen LogP contribution in [0.15, 0.2) is 18.2 Å². The van der Waals surface area contributed by atoms with Crippen LogP contribution < -0.4 is 20.7 Å². The first-order valence-corrected chi connectivity index (χ1v) is 8.32. The number of benzene rings is 1. The maximum atomic E-state index is 11.1. The van der Waals surface area contributed by atoms with Gasteiger partial charge < -0.3 is 9.47 Å². The lowest BCUT2D eigenvalue weighted by atomic mass is 10.0. The number of nitrogens with one attached hydrogen (secondary N) is 1. The molecule has 0 aliphatic rings. The summed E-state index contributed by atoms with van der Waals surface area (Å²) < 4.78 is 32.7. The SMILES string of the molecule is COc1cc(OC)cc(C(CCCS(C)(=O)=O)NN)c1. The lowest BCUT2D eigenvalue weighted by Crippen LogP contribution is -2.28. The highest BCUT2D eigenvalue weighted by Crippen LogP contribution is 2.28. The van der Waals surface area contributed by atoms with Crippen LogP contribution in [0.2, 0.25) is 0 Å². The van der Waals surface area contributed by atoms with Gasteiger partial charge in [0.25, 0.3) is 0 Å². The fourth-order valence-corrected chi connectivity index (χ4v) is 2.62. The van der Waals surface area contributed by atoms with Crippen molar-refractivity contribution in [2.75, 3.05) is 26.2 Å². The van der Waals surface area contributed by atoms with Crippen LogP contribution in [-0.2, 0) is 9.84 Å². The molecule has 20 heavy (non-hydrogen) atoms. The minimum atomic E-state index is -2.95. The summed E-state index contributed by atoms with van der Waals surface area (Å²) in [7, 11) is 0.199. The van der Waals surface area contributed by atoms with Gasteiger partial charge in [0.2, 0.25) is 0 Å². The molecule has 7 heteroatoms. The Morgan fingerprint density at radius 2 is 1.75 bits per heavy atom. The van der Waals surface area contributed by atoms with Crippen molar-refractivity contribution in [1.82, 2.24) is 5.43 Å². The van der Waals surface area contributed by atoms with Gasteiger partial charge in [-0.05, 0) is 30.5 Å². The summed E-state index contributed by atoms with van der Waals surface area (Å²) in [5.74, 6) is 7.04. The quantitative estimate of drug-likeness (QED) is 0.550. The zero-order chi connectivity index (χ0) is 15.2. The topological polar surface area (TPSA) is 90.6 Å². The summed E-state index contributed by atoms with van der Waals surface area (Å²) >= 11 is 0. The fourth-order valence-electron chi connectivity index (χ4n) is 1.93. The first kappa shape index (κ1) is 16.7. The number of methoxy groups -OCH3 is 2. The van der Waals surface area contributed by atoms with Crippen LogP contribution in [0.4, 0.5) is 0 Å². The van der Waals surface area contributed by atoms with Crippen molar-refractivity contribution < 1.29 is 17.9 Å². The highest BCUT2D eigenvalue weighted by atomic mass is 32.2. The average Bonchev–Trinajstić information content (AvgIpc) is 2.41. The first-order valence-electron chi connectivity index (χ1n) is 6.26. The van der Waals surface area contributed by atoms with Gasteiger partial charge in [-0.3, -0.25) is 11.3 Å². The molecule has 0 fully saturated rings. The molecule has 0 saturated heterocycles. The summed E-state index contributed by atoms with van der Waals surface area (Å²) in [5.41, 5.74) is 3.60. The van der Waals surface area contributed by atoms with Crippen LogP contribution in [0.1, 0.15) is 24.4 Å². The molecule has 1 aromatic carbocycles. The Bertz CT molecular complexity index is 509. The molecule has 0 spiro atoms. The monoisotopic (exact) mass is 302 g/mol. The van der Waals surface area contributed by atoms with Crippen molar-refractivity contribution in [3.05, 3.63) is 23.8 Å². The van der Waals surface area contributed by atoms with Crippen LogP contribution in [0, 0.1) is 0 Å². The molecule has 1 aromatic rings. The minimum Gasteiger partial charge on any atom is -0.497 e. The van der Waals surface area contributed by atoms with E-state index in [1.54, 1.807) is 20.3 Å². The molecule has 1 rings (SSSR count). The first-order chi connectivity index (χ1) is 9.39. The second-order valence-electron chi connectivity index (χ2n) is 4.64. The highest BCUT2D eigenvalue weighted by Gasteiger charge is 2.14. The van der Waals surface area contributed by atoms with Crippen LogP contribution in [0.5, 0.6) is 11.5 Å². The van der Waals surface area contributed by atoms with Crippen molar-refractivity contribution in [3.8, 4) is 11.5 Å². The Balaban J connectivity index is 2.83. The molecule has 0 aromatic heterocycles. The minimum absolute atomic E-state index is 0.145. The van der Waals surface area contributed by atoms with Crippen molar-refractivity contribution in [2.45, 2.75) is 18.9 Å². The van der Waals surface area contributed by atoms with Crippen LogP contribution in [0.3, 0.4) is 0 Å². The molecule has 0 heterocycles. The van der Waals surface area contributed by atoms with Gasteiger partial charge in [0.05, 0.1) is 14.2 Å². The van der Waals surface area contributed by atoms with Crippen molar-refractivity contribution in [3.63, 3.8) is 0 Å². The molecule has 6 nitrogen and oxygen atoms in total. The maximum Gasteiger partial charge on any atom is 0.147 e. The highest BCUT2D eigenvalue weighted by molar-refractivity contribution is 7.90. The molecule has 0 saturated carbocycles. The molecular formula is C13H22N2O4S. The van der Waals surface area contributed by atoms with Gasteiger partial charge in [0.15, 0.2) is 0 Å². The lowest BCUT2D eigenvalue weighted by molar-refractivity contribution is 0.390. The van der Waals surface area contributed by atoms with Gasteiger partial charge in [-0.1, -0.05) is 0 Å². The molecule has 0 aliphatic carbocycles. The van der Waals surface area contributed by atoms with Crippen LogP contribution in [0.25, 0.3) is 0 Å². The Hall–Kier alpha value is -1.31. The summed E-state index contributed by atoms with van der Waals surface area (Å²) in [6.07, 6.45) is 2.37. The molecule has 0 amide bonds. The Labute approximate surface area is 120 Å². The second-order valence-corrected chi connectivity index (χ2v) is 6.90. The molecule has 3 N–H and O–H groups in total. The number of nitrogens with two attached hydrogens (primary N) is 1. The van der Waals surface area contributed by atoms with E-state index in [9.17, 15) is 8.42 Å².